The summed E-state index contributed by atoms with van der Waals surface area (Å²) in [7, 11) is -3.76. The van der Waals surface area contributed by atoms with Crippen LogP contribution in [0.2, 0.25) is 0 Å². The van der Waals surface area contributed by atoms with E-state index in [0.717, 1.165) is 26.1 Å². The highest BCUT2D eigenvalue weighted by Gasteiger charge is 2.33. The summed E-state index contributed by atoms with van der Waals surface area (Å²) in [5.41, 5.74) is 0.119. The summed E-state index contributed by atoms with van der Waals surface area (Å²) in [4.78, 5) is 13.2. The lowest BCUT2D eigenvalue weighted by Crippen LogP contribution is -2.42. The van der Waals surface area contributed by atoms with E-state index in [2.05, 4.69) is 10.2 Å². The van der Waals surface area contributed by atoms with E-state index in [1.54, 1.807) is 0 Å². The van der Waals surface area contributed by atoms with Crippen LogP contribution >= 0.6 is 0 Å². The van der Waals surface area contributed by atoms with Gasteiger partial charge in [-0.15, -0.1) is 0 Å². The molecule has 3 rings (SSSR count). The van der Waals surface area contributed by atoms with Crippen LogP contribution in [0.3, 0.4) is 0 Å². The van der Waals surface area contributed by atoms with Gasteiger partial charge in [-0.1, -0.05) is 13.8 Å². The molecule has 1 aromatic rings. The SMILES string of the molecule is C[C@H]1C[C@H](C)CN(S(=O)(=O)c2ccc(NCCN3CCOCC3)c([N+](=O)[O-])c2)C1. The number of anilines is 1. The Bertz CT molecular complexity index is 816. The van der Waals surface area contributed by atoms with Gasteiger partial charge in [-0.3, -0.25) is 15.0 Å². The molecule has 2 aliphatic rings. The van der Waals surface area contributed by atoms with Crippen LogP contribution < -0.4 is 5.32 Å². The summed E-state index contributed by atoms with van der Waals surface area (Å²) >= 11 is 0. The Morgan fingerprint density at radius 1 is 1.21 bits per heavy atom. The minimum Gasteiger partial charge on any atom is -0.379 e. The molecule has 2 saturated heterocycles. The average Bonchev–Trinajstić information content (AvgIpc) is 2.68. The first kappa shape index (κ1) is 21.9. The van der Waals surface area contributed by atoms with Crippen molar-refractivity contribution >= 4 is 21.4 Å². The molecular weight excluding hydrogens is 396 g/mol. The zero-order valence-corrected chi connectivity index (χ0v) is 17.9. The van der Waals surface area contributed by atoms with Gasteiger partial charge in [0.05, 0.1) is 23.0 Å². The second kappa shape index (κ2) is 9.38. The van der Waals surface area contributed by atoms with Crippen molar-refractivity contribution in [2.75, 3.05) is 57.8 Å². The lowest BCUT2D eigenvalue weighted by Gasteiger charge is -2.34. The molecule has 2 atom stereocenters. The fourth-order valence-corrected chi connectivity index (χ4v) is 5.80. The predicted octanol–water partition coefficient (Wildman–Crippen LogP) is 2.01. The molecule has 1 N–H and O–H groups in total. The summed E-state index contributed by atoms with van der Waals surface area (Å²) < 4.78 is 32.9. The molecule has 1 aromatic carbocycles. The molecule has 0 aromatic heterocycles. The minimum atomic E-state index is -3.76. The van der Waals surface area contributed by atoms with E-state index in [0.29, 0.717) is 38.5 Å². The number of nitro benzene ring substituents is 1. The van der Waals surface area contributed by atoms with Crippen molar-refractivity contribution in [3.63, 3.8) is 0 Å². The van der Waals surface area contributed by atoms with E-state index in [-0.39, 0.29) is 22.4 Å². The molecule has 162 valence electrons. The Balaban J connectivity index is 1.73. The number of piperidine rings is 1. The molecule has 2 heterocycles. The Morgan fingerprint density at radius 2 is 1.86 bits per heavy atom. The molecule has 9 nitrogen and oxygen atoms in total. The zero-order chi connectivity index (χ0) is 21.0. The van der Waals surface area contributed by atoms with Crippen LogP contribution in [0.1, 0.15) is 20.3 Å². The zero-order valence-electron chi connectivity index (χ0n) is 17.0. The first-order valence-corrected chi connectivity index (χ1v) is 11.5. The van der Waals surface area contributed by atoms with Crippen LogP contribution in [0.25, 0.3) is 0 Å². The number of hydrogen-bond donors (Lipinski definition) is 1. The molecule has 0 aliphatic carbocycles. The summed E-state index contributed by atoms with van der Waals surface area (Å²) in [6.45, 7) is 9.30. The van der Waals surface area contributed by atoms with Gasteiger partial charge in [-0.05, 0) is 30.4 Å². The van der Waals surface area contributed by atoms with Crippen LogP contribution in [-0.2, 0) is 14.8 Å². The molecule has 0 bridgehead atoms. The van der Waals surface area contributed by atoms with Crippen molar-refractivity contribution in [2.24, 2.45) is 11.8 Å². The Labute approximate surface area is 172 Å². The van der Waals surface area contributed by atoms with Gasteiger partial charge in [-0.25, -0.2) is 8.42 Å². The van der Waals surface area contributed by atoms with Crippen LogP contribution in [0, 0.1) is 22.0 Å². The van der Waals surface area contributed by atoms with Crippen LogP contribution in [0.15, 0.2) is 23.1 Å². The quantitative estimate of drug-likeness (QED) is 0.525. The molecule has 29 heavy (non-hydrogen) atoms. The highest BCUT2D eigenvalue weighted by atomic mass is 32.2. The summed E-state index contributed by atoms with van der Waals surface area (Å²) in [6.07, 6.45) is 0.984. The lowest BCUT2D eigenvalue weighted by molar-refractivity contribution is -0.384. The van der Waals surface area contributed by atoms with Gasteiger partial charge < -0.3 is 10.1 Å². The van der Waals surface area contributed by atoms with Crippen molar-refractivity contribution < 1.29 is 18.1 Å². The van der Waals surface area contributed by atoms with Crippen LogP contribution in [-0.4, -0.2) is 75.0 Å². The molecule has 0 unspecified atom stereocenters. The number of nitrogens with zero attached hydrogens (tertiary/aromatic N) is 3. The van der Waals surface area contributed by atoms with E-state index in [4.69, 9.17) is 4.74 Å². The topological polar surface area (TPSA) is 105 Å². The highest BCUT2D eigenvalue weighted by molar-refractivity contribution is 7.89. The number of benzene rings is 1. The molecule has 2 aliphatic heterocycles. The smallest absolute Gasteiger partial charge is 0.293 e. The predicted molar refractivity (Wildman–Crippen MR) is 111 cm³/mol. The maximum absolute atomic E-state index is 13.0. The van der Waals surface area contributed by atoms with Crippen molar-refractivity contribution in [2.45, 2.75) is 25.2 Å². The van der Waals surface area contributed by atoms with Gasteiger partial charge >= 0.3 is 0 Å². The van der Waals surface area contributed by atoms with Crippen molar-refractivity contribution in [3.8, 4) is 0 Å². The normalized spacial score (nSPS) is 24.3. The van der Waals surface area contributed by atoms with Gasteiger partial charge in [0.15, 0.2) is 0 Å². The van der Waals surface area contributed by atoms with Crippen molar-refractivity contribution in [1.29, 1.82) is 0 Å². The summed E-state index contributed by atoms with van der Waals surface area (Å²) in [5.74, 6) is 0.536. The fraction of sp³-hybridized carbons (Fsp3) is 0.684. The lowest BCUT2D eigenvalue weighted by atomic mass is 9.94. The highest BCUT2D eigenvalue weighted by Crippen LogP contribution is 2.31. The molecule has 0 spiro atoms. The van der Waals surface area contributed by atoms with Gasteiger partial charge in [0, 0.05) is 45.3 Å². The molecule has 0 radical (unpaired) electrons. The number of nitrogens with one attached hydrogen (secondary N) is 1. The number of hydrogen-bond acceptors (Lipinski definition) is 7. The number of sulfonamides is 1. The maximum Gasteiger partial charge on any atom is 0.293 e. The van der Waals surface area contributed by atoms with E-state index in [9.17, 15) is 18.5 Å². The monoisotopic (exact) mass is 426 g/mol. The second-order valence-electron chi connectivity index (χ2n) is 8.08. The first-order valence-electron chi connectivity index (χ1n) is 10.1. The number of ether oxygens (including phenoxy) is 1. The van der Waals surface area contributed by atoms with Gasteiger partial charge in [-0.2, -0.15) is 4.31 Å². The molecule has 2 fully saturated rings. The van der Waals surface area contributed by atoms with Gasteiger partial charge in [0.25, 0.3) is 5.69 Å². The van der Waals surface area contributed by atoms with Gasteiger partial charge in [0.1, 0.15) is 5.69 Å². The summed E-state index contributed by atoms with van der Waals surface area (Å²) in [6, 6.07) is 4.14. The third-order valence-corrected chi connectivity index (χ3v) is 7.31. The van der Waals surface area contributed by atoms with E-state index in [1.165, 1.54) is 22.5 Å². The Kier molecular flexibility index (Phi) is 7.10. The number of morpholine rings is 1. The summed E-state index contributed by atoms with van der Waals surface area (Å²) in [5, 5.41) is 14.7. The van der Waals surface area contributed by atoms with Gasteiger partial charge in [0.2, 0.25) is 10.0 Å². The standard InChI is InChI=1S/C19H30N4O5S/c1-15-11-16(2)14-22(13-15)29(26,27)17-3-4-18(19(12-17)23(24)25)20-5-6-21-7-9-28-10-8-21/h3-4,12,15-16,20H,5-11,13-14H2,1-2H3/t15-,16-/m0/s1. The largest absolute Gasteiger partial charge is 0.379 e. The third kappa shape index (κ3) is 5.44. The first-order chi connectivity index (χ1) is 13.8. The Hall–Kier alpha value is -1.75. The number of nitro groups is 1. The fourth-order valence-electron chi connectivity index (χ4n) is 4.10. The van der Waals surface area contributed by atoms with E-state index >= 15 is 0 Å². The van der Waals surface area contributed by atoms with E-state index < -0.39 is 14.9 Å². The molecule has 0 amide bonds. The number of rotatable bonds is 7. The van der Waals surface area contributed by atoms with Crippen molar-refractivity contribution in [3.05, 3.63) is 28.3 Å². The molecule has 10 heteroatoms. The van der Waals surface area contributed by atoms with Crippen LogP contribution in [0.5, 0.6) is 0 Å². The minimum absolute atomic E-state index is 0.0239. The molecule has 0 saturated carbocycles. The molecular formula is C19H30N4O5S. The van der Waals surface area contributed by atoms with Crippen molar-refractivity contribution in [1.82, 2.24) is 9.21 Å². The second-order valence-corrected chi connectivity index (χ2v) is 10.0. The van der Waals surface area contributed by atoms with Crippen LogP contribution in [0.4, 0.5) is 11.4 Å². The third-order valence-electron chi connectivity index (χ3n) is 5.49. The van der Waals surface area contributed by atoms with E-state index in [1.807, 2.05) is 13.8 Å². The maximum atomic E-state index is 13.0. The average molecular weight is 427 g/mol. The Morgan fingerprint density at radius 3 is 2.48 bits per heavy atom.